The van der Waals surface area contributed by atoms with Crippen LogP contribution in [-0.4, -0.2) is 18.7 Å². The molecule has 4 nitrogen and oxygen atoms in total. The molecular weight excluding hydrogens is 358 g/mol. The Morgan fingerprint density at radius 3 is 3.05 bits per heavy atom. The molecule has 1 unspecified atom stereocenters. The highest BCUT2D eigenvalue weighted by molar-refractivity contribution is 14.1. The molecule has 0 bridgehead atoms. The maximum atomic E-state index is 13.1. The van der Waals surface area contributed by atoms with Crippen molar-refractivity contribution in [3.05, 3.63) is 39.9 Å². The van der Waals surface area contributed by atoms with E-state index in [4.69, 9.17) is 0 Å². The zero-order chi connectivity index (χ0) is 13.7. The summed E-state index contributed by atoms with van der Waals surface area (Å²) in [5.41, 5.74) is 0.672. The summed E-state index contributed by atoms with van der Waals surface area (Å²) in [5.74, 6) is 0.340. The van der Waals surface area contributed by atoms with E-state index in [2.05, 4.69) is 50.5 Å². The van der Waals surface area contributed by atoms with Gasteiger partial charge in [-0.2, -0.15) is 0 Å². The Labute approximate surface area is 125 Å². The van der Waals surface area contributed by atoms with E-state index in [-0.39, 0.29) is 12.0 Å². The molecule has 0 aromatic heterocycles. The Morgan fingerprint density at radius 2 is 2.32 bits per heavy atom. The van der Waals surface area contributed by atoms with E-state index in [1.165, 1.54) is 12.1 Å². The van der Waals surface area contributed by atoms with Crippen LogP contribution in [0.3, 0.4) is 0 Å². The first kappa shape index (κ1) is 14.3. The minimum atomic E-state index is -0.271. The van der Waals surface area contributed by atoms with Gasteiger partial charge in [-0.25, -0.2) is 9.38 Å². The molecule has 102 valence electrons. The monoisotopic (exact) mass is 374 g/mol. The molecule has 1 aromatic rings. The highest BCUT2D eigenvalue weighted by Gasteiger charge is 2.16. The van der Waals surface area contributed by atoms with Crippen molar-refractivity contribution >= 4 is 34.2 Å². The van der Waals surface area contributed by atoms with Crippen LogP contribution in [0.15, 0.2) is 39.0 Å². The topological polar surface area (TPSA) is 48.4 Å². The first-order valence-corrected chi connectivity index (χ1v) is 7.23. The first-order valence-electron chi connectivity index (χ1n) is 6.15. The molecular formula is C13H16FIN4. The maximum Gasteiger partial charge on any atom is 0.201 e. The largest absolute Gasteiger partial charge is 0.336 e. The predicted molar refractivity (Wildman–Crippen MR) is 84.8 cm³/mol. The number of aliphatic imine (C=N–C) groups is 1. The maximum absolute atomic E-state index is 13.1. The third kappa shape index (κ3) is 4.17. The summed E-state index contributed by atoms with van der Waals surface area (Å²) in [6, 6.07) is 6.30. The van der Waals surface area contributed by atoms with Crippen LogP contribution in [0, 0.1) is 5.82 Å². The van der Waals surface area contributed by atoms with Crippen molar-refractivity contribution in [1.82, 2.24) is 10.6 Å². The Kier molecular flexibility index (Phi) is 5.15. The van der Waals surface area contributed by atoms with E-state index in [9.17, 15) is 4.39 Å². The molecule has 2 rings (SSSR count). The van der Waals surface area contributed by atoms with E-state index >= 15 is 0 Å². The van der Waals surface area contributed by atoms with Gasteiger partial charge in [-0.15, -0.1) is 0 Å². The van der Waals surface area contributed by atoms with Crippen LogP contribution < -0.4 is 16.0 Å². The SMILES string of the molecule is CCCNC1NC(Nc2cccc(F)c2)=NC=C1I. The minimum absolute atomic E-state index is 0.0501. The second-order valence-corrected chi connectivity index (χ2v) is 5.40. The number of hydrogen-bond acceptors (Lipinski definition) is 4. The average molecular weight is 374 g/mol. The zero-order valence-electron chi connectivity index (χ0n) is 10.6. The molecule has 0 fully saturated rings. The molecule has 19 heavy (non-hydrogen) atoms. The number of nitrogens with one attached hydrogen (secondary N) is 3. The lowest BCUT2D eigenvalue weighted by molar-refractivity contribution is 0.553. The summed E-state index contributed by atoms with van der Waals surface area (Å²) >= 11 is 2.25. The van der Waals surface area contributed by atoms with Gasteiger partial charge >= 0.3 is 0 Å². The summed E-state index contributed by atoms with van der Waals surface area (Å²) < 4.78 is 14.2. The quantitative estimate of drug-likeness (QED) is 0.711. The molecule has 0 saturated carbocycles. The fourth-order valence-electron chi connectivity index (χ4n) is 1.65. The van der Waals surface area contributed by atoms with E-state index < -0.39 is 0 Å². The Bertz CT molecular complexity index is 501. The molecule has 0 aliphatic carbocycles. The number of anilines is 1. The molecule has 3 N–H and O–H groups in total. The van der Waals surface area contributed by atoms with Crippen molar-refractivity contribution < 1.29 is 4.39 Å². The van der Waals surface area contributed by atoms with Gasteiger partial charge in [-0.05, 0) is 53.8 Å². The number of halogens is 2. The third-order valence-electron chi connectivity index (χ3n) is 2.56. The number of guanidine groups is 1. The molecule has 1 heterocycles. The molecule has 6 heteroatoms. The lowest BCUT2D eigenvalue weighted by Crippen LogP contribution is -2.49. The molecule has 0 saturated heterocycles. The van der Waals surface area contributed by atoms with Crippen LogP contribution in [0.2, 0.25) is 0 Å². The zero-order valence-corrected chi connectivity index (χ0v) is 12.7. The molecule has 0 radical (unpaired) electrons. The van der Waals surface area contributed by atoms with E-state index in [1.54, 1.807) is 18.3 Å². The number of hydrogen-bond donors (Lipinski definition) is 3. The van der Waals surface area contributed by atoms with Crippen LogP contribution in [0.25, 0.3) is 0 Å². The van der Waals surface area contributed by atoms with E-state index in [0.29, 0.717) is 11.6 Å². The summed E-state index contributed by atoms with van der Waals surface area (Å²) in [5, 5.41) is 9.66. The summed E-state index contributed by atoms with van der Waals surface area (Å²) in [4.78, 5) is 4.26. The average Bonchev–Trinajstić information content (AvgIpc) is 2.39. The molecule has 0 spiro atoms. The van der Waals surface area contributed by atoms with Crippen LogP contribution in [0.1, 0.15) is 13.3 Å². The van der Waals surface area contributed by atoms with Gasteiger partial charge in [0.05, 0.1) is 0 Å². The second kappa shape index (κ2) is 6.85. The summed E-state index contributed by atoms with van der Waals surface area (Å²) in [6.45, 7) is 3.04. The summed E-state index contributed by atoms with van der Waals surface area (Å²) in [6.07, 6.45) is 2.91. The molecule has 1 aliphatic heterocycles. The van der Waals surface area contributed by atoms with Crippen molar-refractivity contribution in [2.24, 2.45) is 4.99 Å². The van der Waals surface area contributed by atoms with Crippen LogP contribution in [-0.2, 0) is 0 Å². The standard InChI is InChI=1S/C13H16FIN4/c1-2-6-16-12-11(15)8-17-13(19-12)18-10-5-3-4-9(14)7-10/h3-5,7-8,12,16H,2,6H2,1H3,(H2,17,18,19). The first-order chi connectivity index (χ1) is 9.19. The van der Waals surface area contributed by atoms with E-state index in [0.717, 1.165) is 16.5 Å². The predicted octanol–water partition coefficient (Wildman–Crippen LogP) is 2.80. The van der Waals surface area contributed by atoms with E-state index in [1.807, 2.05) is 0 Å². The highest BCUT2D eigenvalue weighted by atomic mass is 127. The normalized spacial score (nSPS) is 18.4. The number of nitrogens with zero attached hydrogens (tertiary/aromatic N) is 1. The Hall–Kier alpha value is -1.15. The van der Waals surface area contributed by atoms with Gasteiger partial charge in [0.15, 0.2) is 0 Å². The van der Waals surface area contributed by atoms with Crippen molar-refractivity contribution in [1.29, 1.82) is 0 Å². The van der Waals surface area contributed by atoms with Crippen molar-refractivity contribution in [3.8, 4) is 0 Å². The fraction of sp³-hybridized carbons (Fsp3) is 0.308. The van der Waals surface area contributed by atoms with Crippen molar-refractivity contribution in [2.75, 3.05) is 11.9 Å². The number of benzene rings is 1. The van der Waals surface area contributed by atoms with Gasteiger partial charge in [0.1, 0.15) is 12.0 Å². The Morgan fingerprint density at radius 1 is 1.47 bits per heavy atom. The number of rotatable bonds is 4. The molecule has 0 amide bonds. The van der Waals surface area contributed by atoms with Gasteiger partial charge in [0.25, 0.3) is 0 Å². The highest BCUT2D eigenvalue weighted by Crippen LogP contribution is 2.15. The molecule has 1 aromatic carbocycles. The van der Waals surface area contributed by atoms with Gasteiger partial charge in [-0.3, -0.25) is 5.32 Å². The molecule has 1 aliphatic rings. The lowest BCUT2D eigenvalue weighted by atomic mass is 10.3. The minimum Gasteiger partial charge on any atom is -0.336 e. The van der Waals surface area contributed by atoms with Crippen LogP contribution in [0.4, 0.5) is 10.1 Å². The fourth-order valence-corrected chi connectivity index (χ4v) is 2.17. The smallest absolute Gasteiger partial charge is 0.201 e. The van der Waals surface area contributed by atoms with Crippen LogP contribution in [0.5, 0.6) is 0 Å². The van der Waals surface area contributed by atoms with Crippen molar-refractivity contribution in [3.63, 3.8) is 0 Å². The van der Waals surface area contributed by atoms with Gasteiger partial charge in [0.2, 0.25) is 5.96 Å². The van der Waals surface area contributed by atoms with Crippen LogP contribution >= 0.6 is 22.6 Å². The van der Waals surface area contributed by atoms with Gasteiger partial charge < -0.3 is 10.6 Å². The molecule has 1 atom stereocenters. The lowest BCUT2D eigenvalue weighted by Gasteiger charge is -2.25. The third-order valence-corrected chi connectivity index (χ3v) is 3.46. The van der Waals surface area contributed by atoms with Gasteiger partial charge in [0, 0.05) is 15.5 Å². The van der Waals surface area contributed by atoms with Gasteiger partial charge in [-0.1, -0.05) is 13.0 Å². The summed E-state index contributed by atoms with van der Waals surface area (Å²) in [7, 11) is 0. The second-order valence-electron chi connectivity index (χ2n) is 4.16. The van der Waals surface area contributed by atoms with Crippen molar-refractivity contribution in [2.45, 2.75) is 19.5 Å². The Balaban J connectivity index is 2.01.